The zero-order valence-electron chi connectivity index (χ0n) is 11.0. The van der Waals surface area contributed by atoms with Gasteiger partial charge in [0, 0.05) is 11.0 Å². The third kappa shape index (κ3) is 3.14. The predicted octanol–water partition coefficient (Wildman–Crippen LogP) is 3.92. The minimum Gasteiger partial charge on any atom is -0.352 e. The highest BCUT2D eigenvalue weighted by Crippen LogP contribution is 2.30. The summed E-state index contributed by atoms with van der Waals surface area (Å²) < 4.78 is 0.866. The third-order valence-corrected chi connectivity index (χ3v) is 4.62. The molecule has 0 aliphatic heterocycles. The van der Waals surface area contributed by atoms with E-state index in [4.69, 9.17) is 0 Å². The molecular formula is C15H20BrNO. The van der Waals surface area contributed by atoms with Crippen molar-refractivity contribution in [3.63, 3.8) is 0 Å². The van der Waals surface area contributed by atoms with Gasteiger partial charge < -0.3 is 5.32 Å². The highest BCUT2D eigenvalue weighted by Gasteiger charge is 2.23. The molecule has 1 N–H and O–H groups in total. The Bertz CT molecular complexity index is 444. The van der Waals surface area contributed by atoms with Crippen LogP contribution in [0.4, 0.5) is 0 Å². The first kappa shape index (κ1) is 13.6. The first-order valence-electron chi connectivity index (χ1n) is 6.62. The van der Waals surface area contributed by atoms with E-state index in [0.717, 1.165) is 28.1 Å². The van der Waals surface area contributed by atoms with Gasteiger partial charge in [0.2, 0.25) is 0 Å². The van der Waals surface area contributed by atoms with Gasteiger partial charge in [0.1, 0.15) is 0 Å². The van der Waals surface area contributed by atoms with Crippen molar-refractivity contribution in [2.24, 2.45) is 11.8 Å². The molecule has 2 nitrogen and oxygen atoms in total. The normalized spacial score (nSPS) is 23.1. The van der Waals surface area contributed by atoms with Crippen LogP contribution in [0.5, 0.6) is 0 Å². The number of hydrogen-bond acceptors (Lipinski definition) is 1. The van der Waals surface area contributed by atoms with Crippen molar-refractivity contribution in [2.75, 3.05) is 6.54 Å². The number of amides is 1. The second kappa shape index (κ2) is 5.87. The Kier molecular flexibility index (Phi) is 4.44. The van der Waals surface area contributed by atoms with Crippen LogP contribution in [0.15, 0.2) is 22.7 Å². The van der Waals surface area contributed by atoms with Crippen molar-refractivity contribution in [3.8, 4) is 0 Å². The van der Waals surface area contributed by atoms with Crippen molar-refractivity contribution >= 4 is 21.8 Å². The molecule has 0 heterocycles. The minimum atomic E-state index is 0.0321. The smallest absolute Gasteiger partial charge is 0.252 e. The van der Waals surface area contributed by atoms with E-state index in [-0.39, 0.29) is 5.91 Å². The van der Waals surface area contributed by atoms with Crippen molar-refractivity contribution in [3.05, 3.63) is 33.8 Å². The second-order valence-electron chi connectivity index (χ2n) is 5.36. The van der Waals surface area contributed by atoms with Gasteiger partial charge in [-0.05, 0) is 53.2 Å². The number of carbonyl (C=O) groups excluding carboxylic acids is 1. The van der Waals surface area contributed by atoms with E-state index in [1.165, 1.54) is 19.3 Å². The van der Waals surface area contributed by atoms with Crippen LogP contribution in [0.1, 0.15) is 42.1 Å². The van der Waals surface area contributed by atoms with Gasteiger partial charge in [0.05, 0.1) is 5.56 Å². The lowest BCUT2D eigenvalue weighted by Crippen LogP contribution is -2.30. The van der Waals surface area contributed by atoms with E-state index >= 15 is 0 Å². The first-order chi connectivity index (χ1) is 8.58. The first-order valence-corrected chi connectivity index (χ1v) is 7.41. The molecule has 1 fully saturated rings. The van der Waals surface area contributed by atoms with Gasteiger partial charge in [0.15, 0.2) is 0 Å². The van der Waals surface area contributed by atoms with Crippen LogP contribution >= 0.6 is 15.9 Å². The summed E-state index contributed by atoms with van der Waals surface area (Å²) in [5, 5.41) is 3.07. The largest absolute Gasteiger partial charge is 0.352 e. The SMILES string of the molecule is Cc1ccc(Br)c(C(=O)NCC2CCCC2C)c1. The molecule has 18 heavy (non-hydrogen) atoms. The van der Waals surface area contributed by atoms with Gasteiger partial charge in [-0.15, -0.1) is 0 Å². The number of rotatable bonds is 3. The van der Waals surface area contributed by atoms with Crippen molar-refractivity contribution in [1.82, 2.24) is 5.32 Å². The molecule has 1 aliphatic carbocycles. The fourth-order valence-corrected chi connectivity index (χ4v) is 3.08. The molecule has 1 aromatic carbocycles. The van der Waals surface area contributed by atoms with Crippen LogP contribution < -0.4 is 5.32 Å². The van der Waals surface area contributed by atoms with Gasteiger partial charge >= 0.3 is 0 Å². The molecule has 0 spiro atoms. The van der Waals surface area contributed by atoms with Gasteiger partial charge in [-0.1, -0.05) is 31.4 Å². The number of halogens is 1. The summed E-state index contributed by atoms with van der Waals surface area (Å²) in [5.41, 5.74) is 1.85. The molecule has 2 unspecified atom stereocenters. The fourth-order valence-electron chi connectivity index (χ4n) is 2.66. The monoisotopic (exact) mass is 309 g/mol. The van der Waals surface area contributed by atoms with Gasteiger partial charge in [-0.25, -0.2) is 0 Å². The van der Waals surface area contributed by atoms with E-state index in [0.29, 0.717) is 5.92 Å². The maximum atomic E-state index is 12.1. The molecule has 1 amide bonds. The van der Waals surface area contributed by atoms with Gasteiger partial charge in [-0.2, -0.15) is 0 Å². The van der Waals surface area contributed by atoms with E-state index < -0.39 is 0 Å². The molecular weight excluding hydrogens is 290 g/mol. The van der Waals surface area contributed by atoms with Gasteiger partial charge in [-0.3, -0.25) is 4.79 Å². The van der Waals surface area contributed by atoms with Crippen molar-refractivity contribution in [2.45, 2.75) is 33.1 Å². The van der Waals surface area contributed by atoms with Crippen LogP contribution in [0.3, 0.4) is 0 Å². The minimum absolute atomic E-state index is 0.0321. The summed E-state index contributed by atoms with van der Waals surface area (Å²) in [5.74, 6) is 1.42. The van der Waals surface area contributed by atoms with Crippen LogP contribution in [-0.4, -0.2) is 12.5 Å². The zero-order valence-corrected chi connectivity index (χ0v) is 12.6. The summed E-state index contributed by atoms with van der Waals surface area (Å²) >= 11 is 3.44. The number of hydrogen-bond donors (Lipinski definition) is 1. The standard InChI is InChI=1S/C15H20BrNO/c1-10-6-7-14(16)13(8-10)15(18)17-9-12-5-3-4-11(12)2/h6-8,11-12H,3-5,9H2,1-2H3,(H,17,18). The molecule has 98 valence electrons. The van der Waals surface area contributed by atoms with Crippen LogP contribution in [-0.2, 0) is 0 Å². The lowest BCUT2D eigenvalue weighted by Gasteiger charge is -2.16. The maximum absolute atomic E-state index is 12.1. The maximum Gasteiger partial charge on any atom is 0.252 e. The average molecular weight is 310 g/mol. The Morgan fingerprint density at radius 3 is 2.89 bits per heavy atom. The molecule has 1 aromatic rings. The van der Waals surface area contributed by atoms with Crippen LogP contribution in [0.2, 0.25) is 0 Å². The summed E-state index contributed by atoms with van der Waals surface area (Å²) in [6.45, 7) is 5.09. The van der Waals surface area contributed by atoms with Crippen LogP contribution in [0.25, 0.3) is 0 Å². The Balaban J connectivity index is 1.97. The molecule has 0 bridgehead atoms. The molecule has 0 aromatic heterocycles. The topological polar surface area (TPSA) is 29.1 Å². The molecule has 3 heteroatoms. The fraction of sp³-hybridized carbons (Fsp3) is 0.533. The number of aryl methyl sites for hydroxylation is 1. The number of nitrogens with one attached hydrogen (secondary N) is 1. The highest BCUT2D eigenvalue weighted by molar-refractivity contribution is 9.10. The summed E-state index contributed by atoms with van der Waals surface area (Å²) in [6, 6.07) is 5.86. The molecule has 2 rings (SSSR count). The van der Waals surface area contributed by atoms with E-state index in [9.17, 15) is 4.79 Å². The quantitative estimate of drug-likeness (QED) is 0.900. The van der Waals surface area contributed by atoms with E-state index in [1.807, 2.05) is 25.1 Å². The lowest BCUT2D eigenvalue weighted by atomic mass is 9.98. The van der Waals surface area contributed by atoms with Gasteiger partial charge in [0.25, 0.3) is 5.91 Å². The molecule has 0 saturated heterocycles. The van der Waals surface area contributed by atoms with E-state index in [2.05, 4.69) is 28.2 Å². The Morgan fingerprint density at radius 1 is 1.44 bits per heavy atom. The highest BCUT2D eigenvalue weighted by atomic mass is 79.9. The van der Waals surface area contributed by atoms with Crippen molar-refractivity contribution in [1.29, 1.82) is 0 Å². The average Bonchev–Trinajstić information content (AvgIpc) is 2.75. The van der Waals surface area contributed by atoms with Crippen LogP contribution in [0, 0.1) is 18.8 Å². The molecule has 2 atom stereocenters. The molecule has 1 saturated carbocycles. The predicted molar refractivity (Wildman–Crippen MR) is 77.7 cm³/mol. The molecule has 1 aliphatic rings. The Morgan fingerprint density at radius 2 is 2.22 bits per heavy atom. The lowest BCUT2D eigenvalue weighted by molar-refractivity contribution is 0.0944. The third-order valence-electron chi connectivity index (χ3n) is 3.93. The van der Waals surface area contributed by atoms with Crippen molar-refractivity contribution < 1.29 is 4.79 Å². The Hall–Kier alpha value is -0.830. The zero-order chi connectivity index (χ0) is 13.1. The second-order valence-corrected chi connectivity index (χ2v) is 6.22. The number of benzene rings is 1. The summed E-state index contributed by atoms with van der Waals surface area (Å²) in [7, 11) is 0. The number of carbonyl (C=O) groups is 1. The summed E-state index contributed by atoms with van der Waals surface area (Å²) in [6.07, 6.45) is 3.85. The van der Waals surface area contributed by atoms with E-state index in [1.54, 1.807) is 0 Å². The summed E-state index contributed by atoms with van der Waals surface area (Å²) in [4.78, 5) is 12.1. The molecule has 0 radical (unpaired) electrons. The Labute approximate surface area is 117 Å².